The van der Waals surface area contributed by atoms with Crippen LogP contribution in [0.25, 0.3) is 10.8 Å². The second-order valence-corrected chi connectivity index (χ2v) is 5.95. The Morgan fingerprint density at radius 2 is 1.71 bits per heavy atom. The summed E-state index contributed by atoms with van der Waals surface area (Å²) >= 11 is 1.75. The normalized spacial score (nSPS) is 10.7. The summed E-state index contributed by atoms with van der Waals surface area (Å²) in [7, 11) is 0. The Labute approximate surface area is 128 Å². The maximum absolute atomic E-state index is 5.81. The van der Waals surface area contributed by atoms with Crippen molar-refractivity contribution in [1.82, 2.24) is 0 Å². The number of nitrogens with two attached hydrogens (primary N) is 1. The number of rotatable bonds is 5. The highest BCUT2D eigenvalue weighted by atomic mass is 32.2. The van der Waals surface area contributed by atoms with Crippen molar-refractivity contribution in [3.05, 3.63) is 66.7 Å². The van der Waals surface area contributed by atoms with Crippen LogP contribution < -0.4 is 10.5 Å². The van der Waals surface area contributed by atoms with E-state index < -0.39 is 0 Å². The number of benzene rings is 3. The van der Waals surface area contributed by atoms with E-state index in [4.69, 9.17) is 10.5 Å². The average molecular weight is 295 g/mol. The maximum atomic E-state index is 5.81. The number of ether oxygens (including phenoxy) is 1. The molecule has 3 aromatic rings. The van der Waals surface area contributed by atoms with Crippen molar-refractivity contribution in [3.63, 3.8) is 0 Å². The van der Waals surface area contributed by atoms with E-state index in [-0.39, 0.29) is 0 Å². The zero-order valence-corrected chi connectivity index (χ0v) is 12.5. The molecule has 0 saturated carbocycles. The molecular weight excluding hydrogens is 278 g/mol. The van der Waals surface area contributed by atoms with Gasteiger partial charge in [-0.2, -0.15) is 0 Å². The number of fused-ring (bicyclic) bond motifs is 1. The molecular formula is C18H17NOS. The summed E-state index contributed by atoms with van der Waals surface area (Å²) in [5.74, 6) is 1.82. The van der Waals surface area contributed by atoms with Crippen LogP contribution in [0.5, 0.6) is 5.75 Å². The Kier molecular flexibility index (Phi) is 4.31. The van der Waals surface area contributed by atoms with Crippen LogP contribution in [0.1, 0.15) is 0 Å². The van der Waals surface area contributed by atoms with Gasteiger partial charge in [-0.25, -0.2) is 0 Å². The molecule has 3 aromatic carbocycles. The second kappa shape index (κ2) is 6.55. The fraction of sp³-hybridized carbons (Fsp3) is 0.111. The molecule has 0 unspecified atom stereocenters. The van der Waals surface area contributed by atoms with Gasteiger partial charge in [0.25, 0.3) is 0 Å². The minimum atomic E-state index is 0.678. The smallest absolute Gasteiger partial charge is 0.119 e. The van der Waals surface area contributed by atoms with Gasteiger partial charge in [0.1, 0.15) is 5.75 Å². The van der Waals surface area contributed by atoms with E-state index in [1.807, 2.05) is 36.4 Å². The molecule has 0 radical (unpaired) electrons. The molecule has 0 bridgehead atoms. The number of hydrogen-bond acceptors (Lipinski definition) is 3. The van der Waals surface area contributed by atoms with Crippen LogP contribution in [0.4, 0.5) is 5.69 Å². The molecule has 0 amide bonds. The molecule has 2 nitrogen and oxygen atoms in total. The fourth-order valence-electron chi connectivity index (χ4n) is 2.18. The van der Waals surface area contributed by atoms with Gasteiger partial charge in [-0.15, -0.1) is 11.8 Å². The molecule has 0 aliphatic carbocycles. The molecule has 0 fully saturated rings. The molecule has 106 valence electrons. The van der Waals surface area contributed by atoms with E-state index in [0.717, 1.165) is 17.2 Å². The predicted octanol–water partition coefficient (Wildman–Crippen LogP) is 4.59. The van der Waals surface area contributed by atoms with E-state index in [1.165, 1.54) is 15.7 Å². The van der Waals surface area contributed by atoms with Crippen LogP contribution in [0.3, 0.4) is 0 Å². The standard InChI is InChI=1S/C18H17NOS/c19-16-6-3-7-18(13-16)21-11-10-20-17-9-8-14-4-1-2-5-15(14)12-17/h1-9,12-13H,10-11,19H2. The third-order valence-electron chi connectivity index (χ3n) is 3.20. The van der Waals surface area contributed by atoms with Crippen LogP contribution in [-0.4, -0.2) is 12.4 Å². The summed E-state index contributed by atoms with van der Waals surface area (Å²) in [5.41, 5.74) is 6.56. The Morgan fingerprint density at radius 3 is 2.57 bits per heavy atom. The largest absolute Gasteiger partial charge is 0.493 e. The van der Waals surface area contributed by atoms with Crippen LogP contribution in [0, 0.1) is 0 Å². The third kappa shape index (κ3) is 3.70. The maximum Gasteiger partial charge on any atom is 0.119 e. The first kappa shape index (κ1) is 13.8. The van der Waals surface area contributed by atoms with E-state index in [0.29, 0.717) is 6.61 Å². The Bertz CT molecular complexity index is 742. The monoisotopic (exact) mass is 295 g/mol. The molecule has 0 atom stereocenters. The molecule has 2 N–H and O–H groups in total. The summed E-state index contributed by atoms with van der Waals surface area (Å²) in [6.45, 7) is 0.678. The van der Waals surface area contributed by atoms with Gasteiger partial charge in [-0.05, 0) is 41.1 Å². The van der Waals surface area contributed by atoms with Gasteiger partial charge in [0, 0.05) is 16.3 Å². The lowest BCUT2D eigenvalue weighted by Crippen LogP contribution is -2.00. The van der Waals surface area contributed by atoms with Crippen molar-refractivity contribution in [2.75, 3.05) is 18.1 Å². The molecule has 0 saturated heterocycles. The van der Waals surface area contributed by atoms with Gasteiger partial charge in [0.05, 0.1) is 6.61 Å². The average Bonchev–Trinajstić information content (AvgIpc) is 2.51. The highest BCUT2D eigenvalue weighted by Crippen LogP contribution is 2.22. The van der Waals surface area contributed by atoms with Crippen LogP contribution in [-0.2, 0) is 0 Å². The van der Waals surface area contributed by atoms with Gasteiger partial charge >= 0.3 is 0 Å². The van der Waals surface area contributed by atoms with E-state index >= 15 is 0 Å². The highest BCUT2D eigenvalue weighted by Gasteiger charge is 1.98. The molecule has 0 aliphatic heterocycles. The summed E-state index contributed by atoms with van der Waals surface area (Å²) < 4.78 is 5.81. The van der Waals surface area contributed by atoms with Gasteiger partial charge in [0.15, 0.2) is 0 Å². The van der Waals surface area contributed by atoms with Crippen molar-refractivity contribution in [2.45, 2.75) is 4.90 Å². The Hall–Kier alpha value is -2.13. The number of hydrogen-bond donors (Lipinski definition) is 1. The molecule has 0 aromatic heterocycles. The van der Waals surface area contributed by atoms with Crippen molar-refractivity contribution >= 4 is 28.2 Å². The minimum absolute atomic E-state index is 0.678. The molecule has 0 heterocycles. The number of thioether (sulfide) groups is 1. The molecule has 21 heavy (non-hydrogen) atoms. The second-order valence-electron chi connectivity index (χ2n) is 4.78. The predicted molar refractivity (Wildman–Crippen MR) is 91.0 cm³/mol. The SMILES string of the molecule is Nc1cccc(SCCOc2ccc3ccccc3c2)c1. The molecule has 3 heteroatoms. The van der Waals surface area contributed by atoms with Gasteiger partial charge in [-0.1, -0.05) is 36.4 Å². The first-order valence-corrected chi connectivity index (χ1v) is 7.90. The summed E-state index contributed by atoms with van der Waals surface area (Å²) in [6.07, 6.45) is 0. The third-order valence-corrected chi connectivity index (χ3v) is 4.16. The van der Waals surface area contributed by atoms with Crippen molar-refractivity contribution in [1.29, 1.82) is 0 Å². The topological polar surface area (TPSA) is 35.2 Å². The zero-order chi connectivity index (χ0) is 14.5. The first-order valence-electron chi connectivity index (χ1n) is 6.91. The molecule has 3 rings (SSSR count). The number of nitrogen functional groups attached to an aromatic ring is 1. The van der Waals surface area contributed by atoms with Gasteiger partial charge < -0.3 is 10.5 Å². The van der Waals surface area contributed by atoms with Crippen LogP contribution >= 0.6 is 11.8 Å². The van der Waals surface area contributed by atoms with Crippen LogP contribution in [0.15, 0.2) is 71.6 Å². The fourth-order valence-corrected chi connectivity index (χ4v) is 2.98. The quantitative estimate of drug-likeness (QED) is 0.425. The summed E-state index contributed by atoms with van der Waals surface area (Å²) in [4.78, 5) is 1.18. The van der Waals surface area contributed by atoms with Crippen LogP contribution in [0.2, 0.25) is 0 Å². The zero-order valence-electron chi connectivity index (χ0n) is 11.7. The Morgan fingerprint density at radius 1 is 0.857 bits per heavy atom. The summed E-state index contributed by atoms with van der Waals surface area (Å²) in [6, 6.07) is 22.4. The van der Waals surface area contributed by atoms with E-state index in [1.54, 1.807) is 11.8 Å². The van der Waals surface area contributed by atoms with Crippen molar-refractivity contribution in [2.24, 2.45) is 0 Å². The lowest BCUT2D eigenvalue weighted by molar-refractivity contribution is 0.344. The van der Waals surface area contributed by atoms with Crippen molar-refractivity contribution < 1.29 is 4.74 Å². The van der Waals surface area contributed by atoms with E-state index in [9.17, 15) is 0 Å². The molecule has 0 aliphatic rings. The minimum Gasteiger partial charge on any atom is -0.493 e. The highest BCUT2D eigenvalue weighted by molar-refractivity contribution is 7.99. The number of anilines is 1. The Balaban J connectivity index is 1.54. The van der Waals surface area contributed by atoms with Crippen molar-refractivity contribution in [3.8, 4) is 5.75 Å². The first-order chi connectivity index (χ1) is 10.3. The van der Waals surface area contributed by atoms with Gasteiger partial charge in [-0.3, -0.25) is 0 Å². The lowest BCUT2D eigenvalue weighted by Gasteiger charge is -2.07. The lowest BCUT2D eigenvalue weighted by atomic mass is 10.1. The van der Waals surface area contributed by atoms with Gasteiger partial charge in [0.2, 0.25) is 0 Å². The summed E-state index contributed by atoms with van der Waals surface area (Å²) in [5, 5.41) is 2.44. The molecule has 0 spiro atoms. The van der Waals surface area contributed by atoms with E-state index in [2.05, 4.69) is 30.3 Å².